The van der Waals surface area contributed by atoms with Crippen LogP contribution in [0.2, 0.25) is 0 Å². The number of nitrogens with one attached hydrogen (secondary N) is 1. The number of thiophene rings is 1. The normalized spacial score (nSPS) is 13.4. The van der Waals surface area contributed by atoms with Crippen LogP contribution >= 0.6 is 27.3 Å². The van der Waals surface area contributed by atoms with Crippen molar-refractivity contribution in [3.05, 3.63) is 56.2 Å². The second-order valence-corrected chi connectivity index (χ2v) is 6.80. The summed E-state index contributed by atoms with van der Waals surface area (Å²) < 4.78 is 39.1. The molecule has 0 saturated carbocycles. The van der Waals surface area contributed by atoms with Crippen molar-refractivity contribution in [3.63, 3.8) is 0 Å². The van der Waals surface area contributed by atoms with Gasteiger partial charge in [-0.15, -0.1) is 11.3 Å². The van der Waals surface area contributed by atoms with Gasteiger partial charge in [0.2, 0.25) is 0 Å². The van der Waals surface area contributed by atoms with Crippen LogP contribution in [0, 0.1) is 0 Å². The van der Waals surface area contributed by atoms with Gasteiger partial charge in [0.05, 0.1) is 15.4 Å². The van der Waals surface area contributed by atoms with E-state index in [1.54, 1.807) is 6.07 Å². The molecule has 3 N–H and O–H groups in total. The Bertz CT molecular complexity index is 583. The first-order valence-electron chi connectivity index (χ1n) is 5.77. The van der Waals surface area contributed by atoms with Crippen LogP contribution in [0.5, 0.6) is 0 Å². The number of nitrogens with two attached hydrogens (primary N) is 1. The van der Waals surface area contributed by atoms with Gasteiger partial charge in [0.1, 0.15) is 0 Å². The molecule has 0 aliphatic rings. The molecule has 0 aliphatic carbocycles. The van der Waals surface area contributed by atoms with Crippen LogP contribution < -0.4 is 11.3 Å². The zero-order valence-corrected chi connectivity index (χ0v) is 12.6. The van der Waals surface area contributed by atoms with Crippen LogP contribution in [0.15, 0.2) is 40.2 Å². The Hall–Kier alpha value is -0.890. The minimum absolute atomic E-state index is 0.358. The molecule has 108 valence electrons. The minimum Gasteiger partial charge on any atom is -0.271 e. The van der Waals surface area contributed by atoms with Crippen LogP contribution in [-0.2, 0) is 12.6 Å². The first kappa shape index (κ1) is 15.5. The van der Waals surface area contributed by atoms with Crippen LogP contribution in [0.25, 0.3) is 0 Å². The fourth-order valence-corrected chi connectivity index (χ4v) is 3.40. The SMILES string of the molecule is NNC(Cc1ccc(Br)s1)c1cccc(C(F)(F)F)c1. The van der Waals surface area contributed by atoms with E-state index < -0.39 is 11.7 Å². The summed E-state index contributed by atoms with van der Waals surface area (Å²) in [7, 11) is 0. The topological polar surface area (TPSA) is 38.0 Å². The van der Waals surface area contributed by atoms with Crippen molar-refractivity contribution in [1.82, 2.24) is 5.43 Å². The molecule has 0 spiro atoms. The lowest BCUT2D eigenvalue weighted by molar-refractivity contribution is -0.137. The molecule has 1 unspecified atom stereocenters. The fraction of sp³-hybridized carbons (Fsp3) is 0.231. The van der Waals surface area contributed by atoms with Gasteiger partial charge in [0, 0.05) is 11.3 Å². The maximum Gasteiger partial charge on any atom is 0.416 e. The summed E-state index contributed by atoms with van der Waals surface area (Å²) in [5, 5.41) is 0. The average Bonchev–Trinajstić information content (AvgIpc) is 2.81. The maximum absolute atomic E-state index is 12.7. The van der Waals surface area contributed by atoms with E-state index in [-0.39, 0.29) is 6.04 Å². The van der Waals surface area contributed by atoms with Crippen LogP contribution in [0.4, 0.5) is 13.2 Å². The van der Waals surface area contributed by atoms with Crippen LogP contribution in [0.3, 0.4) is 0 Å². The zero-order valence-electron chi connectivity index (χ0n) is 10.2. The number of alkyl halides is 3. The second kappa shape index (κ2) is 6.26. The van der Waals surface area contributed by atoms with Gasteiger partial charge in [0.15, 0.2) is 0 Å². The summed E-state index contributed by atoms with van der Waals surface area (Å²) in [5.74, 6) is 5.48. The molecule has 2 aromatic rings. The molecule has 1 heterocycles. The van der Waals surface area contributed by atoms with Crippen molar-refractivity contribution in [2.24, 2.45) is 5.84 Å². The standard InChI is InChI=1S/C13H12BrF3N2S/c14-12-5-4-10(20-12)7-11(19-18)8-2-1-3-9(6-8)13(15,16)17/h1-6,11,19H,7,18H2. The van der Waals surface area contributed by atoms with Gasteiger partial charge in [-0.25, -0.2) is 0 Å². The molecule has 0 bridgehead atoms. The van der Waals surface area contributed by atoms with Crippen molar-refractivity contribution >= 4 is 27.3 Å². The monoisotopic (exact) mass is 364 g/mol. The number of hydrogen-bond acceptors (Lipinski definition) is 3. The Morgan fingerprint density at radius 2 is 2.00 bits per heavy atom. The van der Waals surface area contributed by atoms with Crippen LogP contribution in [-0.4, -0.2) is 0 Å². The Morgan fingerprint density at radius 3 is 2.55 bits per heavy atom. The van der Waals surface area contributed by atoms with Crippen molar-refractivity contribution in [2.45, 2.75) is 18.6 Å². The third-order valence-corrected chi connectivity index (χ3v) is 4.50. The summed E-state index contributed by atoms with van der Waals surface area (Å²) in [6.45, 7) is 0. The molecule has 0 fully saturated rings. The van der Waals surface area contributed by atoms with Gasteiger partial charge in [0.25, 0.3) is 0 Å². The molecule has 0 amide bonds. The smallest absolute Gasteiger partial charge is 0.271 e. The first-order valence-corrected chi connectivity index (χ1v) is 7.38. The fourth-order valence-electron chi connectivity index (χ4n) is 1.87. The van der Waals surface area contributed by atoms with E-state index in [4.69, 9.17) is 5.84 Å². The van der Waals surface area contributed by atoms with Gasteiger partial charge in [-0.3, -0.25) is 11.3 Å². The molecule has 2 nitrogen and oxygen atoms in total. The van der Waals surface area contributed by atoms with Gasteiger partial charge >= 0.3 is 6.18 Å². The van der Waals surface area contributed by atoms with E-state index in [0.29, 0.717) is 12.0 Å². The summed E-state index contributed by atoms with van der Waals surface area (Å²) in [6, 6.07) is 8.69. The van der Waals surface area contributed by atoms with Crippen LogP contribution in [0.1, 0.15) is 22.0 Å². The molecule has 1 aromatic heterocycles. The number of hydrazine groups is 1. The highest BCUT2D eigenvalue weighted by Gasteiger charge is 2.30. The first-order chi connectivity index (χ1) is 9.40. The maximum atomic E-state index is 12.7. The summed E-state index contributed by atoms with van der Waals surface area (Å²) >= 11 is 4.89. The minimum atomic E-state index is -4.35. The molecule has 7 heteroatoms. The van der Waals surface area contributed by atoms with Crippen molar-refractivity contribution in [3.8, 4) is 0 Å². The summed E-state index contributed by atoms with van der Waals surface area (Å²) in [4.78, 5) is 1.04. The van der Waals surface area contributed by atoms with Crippen molar-refractivity contribution in [1.29, 1.82) is 0 Å². The Kier molecular flexibility index (Phi) is 4.85. The molecular weight excluding hydrogens is 353 g/mol. The van der Waals surface area contributed by atoms with Crippen molar-refractivity contribution in [2.75, 3.05) is 0 Å². The molecule has 1 atom stereocenters. The van der Waals surface area contributed by atoms with Gasteiger partial charge < -0.3 is 0 Å². The molecular formula is C13H12BrF3N2S. The second-order valence-electron chi connectivity index (χ2n) is 4.25. The number of hydrogen-bond donors (Lipinski definition) is 2. The molecule has 1 aromatic carbocycles. The average molecular weight is 365 g/mol. The number of rotatable bonds is 4. The predicted octanol–water partition coefficient (Wildman–Crippen LogP) is 4.28. The zero-order chi connectivity index (χ0) is 14.8. The van der Waals surface area contributed by atoms with Gasteiger partial charge in [-0.05, 0) is 45.8 Å². The lowest BCUT2D eigenvalue weighted by Crippen LogP contribution is -2.29. The predicted molar refractivity (Wildman–Crippen MR) is 77.2 cm³/mol. The molecule has 20 heavy (non-hydrogen) atoms. The Labute approximate surface area is 126 Å². The molecule has 0 radical (unpaired) electrons. The van der Waals surface area contributed by atoms with E-state index in [9.17, 15) is 13.2 Å². The molecule has 0 aliphatic heterocycles. The Balaban J connectivity index is 2.23. The largest absolute Gasteiger partial charge is 0.416 e. The third kappa shape index (κ3) is 3.82. The Morgan fingerprint density at radius 1 is 1.25 bits per heavy atom. The highest BCUT2D eigenvalue weighted by molar-refractivity contribution is 9.11. The highest BCUT2D eigenvalue weighted by Crippen LogP contribution is 2.32. The quantitative estimate of drug-likeness (QED) is 0.627. The van der Waals surface area contributed by atoms with E-state index in [0.717, 1.165) is 20.8 Å². The van der Waals surface area contributed by atoms with Gasteiger partial charge in [-0.1, -0.05) is 12.1 Å². The highest BCUT2D eigenvalue weighted by atomic mass is 79.9. The lowest BCUT2D eigenvalue weighted by atomic mass is 10.0. The summed E-state index contributed by atoms with van der Waals surface area (Å²) in [6.07, 6.45) is -3.81. The lowest BCUT2D eigenvalue weighted by Gasteiger charge is -2.17. The number of halogens is 4. The number of benzene rings is 1. The molecule has 0 saturated heterocycles. The van der Waals surface area contributed by atoms with Gasteiger partial charge in [-0.2, -0.15) is 13.2 Å². The van der Waals surface area contributed by atoms with Crippen molar-refractivity contribution < 1.29 is 13.2 Å². The summed E-state index contributed by atoms with van der Waals surface area (Å²) in [5.41, 5.74) is 2.43. The van der Waals surface area contributed by atoms with E-state index in [1.165, 1.54) is 17.4 Å². The van der Waals surface area contributed by atoms with E-state index in [1.807, 2.05) is 12.1 Å². The van der Waals surface area contributed by atoms with E-state index in [2.05, 4.69) is 21.4 Å². The third-order valence-electron chi connectivity index (χ3n) is 2.85. The van der Waals surface area contributed by atoms with E-state index >= 15 is 0 Å². The molecule has 2 rings (SSSR count).